The number of hydrogen-bond donors (Lipinski definition) is 2. The van der Waals surface area contributed by atoms with Crippen molar-refractivity contribution in [2.75, 3.05) is 24.4 Å². The minimum absolute atomic E-state index is 0.207. The van der Waals surface area contributed by atoms with Crippen LogP contribution < -0.4 is 15.4 Å². The number of amides is 1. The van der Waals surface area contributed by atoms with Crippen LogP contribution in [0, 0.1) is 0 Å². The number of carbonyl (C=O) groups excluding carboxylic acids is 2. The zero-order valence-corrected chi connectivity index (χ0v) is 16.3. The van der Waals surface area contributed by atoms with Gasteiger partial charge in [-0.25, -0.2) is 4.79 Å². The Balaban J connectivity index is 1.68. The summed E-state index contributed by atoms with van der Waals surface area (Å²) in [5.74, 6) is 0.111. The fourth-order valence-corrected chi connectivity index (χ4v) is 2.72. The number of nitrogens with one attached hydrogen (secondary N) is 2. The normalized spacial score (nSPS) is 10.1. The Morgan fingerprint density at radius 1 is 0.862 bits per heavy atom. The molecule has 0 aliphatic rings. The van der Waals surface area contributed by atoms with Gasteiger partial charge in [-0.1, -0.05) is 12.1 Å². The van der Waals surface area contributed by atoms with Gasteiger partial charge in [-0.2, -0.15) is 0 Å². The Bertz CT molecular complexity index is 983. The van der Waals surface area contributed by atoms with Crippen LogP contribution in [0.4, 0.5) is 17.1 Å². The zero-order valence-electron chi connectivity index (χ0n) is 16.3. The maximum absolute atomic E-state index is 12.4. The highest BCUT2D eigenvalue weighted by molar-refractivity contribution is 6.04. The van der Waals surface area contributed by atoms with Crippen molar-refractivity contribution in [3.8, 4) is 5.75 Å². The third-order valence-corrected chi connectivity index (χ3v) is 4.20. The summed E-state index contributed by atoms with van der Waals surface area (Å²) in [7, 11) is 1.58. The largest absolute Gasteiger partial charge is 0.497 e. The van der Waals surface area contributed by atoms with E-state index in [4.69, 9.17) is 9.47 Å². The van der Waals surface area contributed by atoms with E-state index in [0.29, 0.717) is 34.9 Å². The SMILES string of the molecule is CCOC(=O)c1ccccc1Nc1ccc(NC(=O)c2ccc(OC)cc2)cc1. The highest BCUT2D eigenvalue weighted by atomic mass is 16.5. The summed E-state index contributed by atoms with van der Waals surface area (Å²) in [5.41, 5.74) is 3.10. The van der Waals surface area contributed by atoms with Gasteiger partial charge in [0.25, 0.3) is 5.91 Å². The topological polar surface area (TPSA) is 76.7 Å². The maximum atomic E-state index is 12.4. The molecule has 0 radical (unpaired) electrons. The minimum Gasteiger partial charge on any atom is -0.497 e. The van der Waals surface area contributed by atoms with Crippen LogP contribution in [0.2, 0.25) is 0 Å². The monoisotopic (exact) mass is 390 g/mol. The van der Waals surface area contributed by atoms with E-state index in [1.165, 1.54) is 0 Å². The van der Waals surface area contributed by atoms with Gasteiger partial charge >= 0.3 is 5.97 Å². The molecule has 0 saturated carbocycles. The smallest absolute Gasteiger partial charge is 0.340 e. The van der Waals surface area contributed by atoms with Crippen molar-refractivity contribution in [1.82, 2.24) is 0 Å². The zero-order chi connectivity index (χ0) is 20.6. The van der Waals surface area contributed by atoms with Crippen LogP contribution in [0.3, 0.4) is 0 Å². The maximum Gasteiger partial charge on any atom is 0.340 e. The van der Waals surface area contributed by atoms with Crippen LogP contribution in [-0.2, 0) is 4.74 Å². The second kappa shape index (κ2) is 9.41. The van der Waals surface area contributed by atoms with Crippen molar-refractivity contribution in [1.29, 1.82) is 0 Å². The van der Waals surface area contributed by atoms with Gasteiger partial charge in [0, 0.05) is 16.9 Å². The molecule has 0 saturated heterocycles. The van der Waals surface area contributed by atoms with Gasteiger partial charge in [-0.3, -0.25) is 4.79 Å². The van der Waals surface area contributed by atoms with Crippen molar-refractivity contribution in [3.63, 3.8) is 0 Å². The number of ether oxygens (including phenoxy) is 2. The summed E-state index contributed by atoms with van der Waals surface area (Å²) in [6, 6.07) is 21.3. The third-order valence-electron chi connectivity index (χ3n) is 4.20. The number of methoxy groups -OCH3 is 1. The fourth-order valence-electron chi connectivity index (χ4n) is 2.72. The quantitative estimate of drug-likeness (QED) is 0.563. The van der Waals surface area contributed by atoms with Crippen LogP contribution in [0.1, 0.15) is 27.6 Å². The first-order valence-corrected chi connectivity index (χ1v) is 9.19. The standard InChI is InChI=1S/C23H22N2O4/c1-3-29-23(27)20-6-4-5-7-21(20)24-17-10-12-18(13-11-17)25-22(26)16-8-14-19(28-2)15-9-16/h4-15,24H,3H2,1-2H3,(H,25,26). The molecule has 0 aliphatic carbocycles. The second-order valence-electron chi connectivity index (χ2n) is 6.15. The van der Waals surface area contributed by atoms with E-state index in [1.807, 2.05) is 24.3 Å². The highest BCUT2D eigenvalue weighted by Crippen LogP contribution is 2.23. The Labute approximate surface area is 169 Å². The van der Waals surface area contributed by atoms with Crippen molar-refractivity contribution in [2.24, 2.45) is 0 Å². The van der Waals surface area contributed by atoms with Crippen molar-refractivity contribution in [2.45, 2.75) is 6.92 Å². The number of rotatable bonds is 7. The molecule has 6 heteroatoms. The van der Waals surface area contributed by atoms with Gasteiger partial charge in [0.1, 0.15) is 5.75 Å². The first-order chi connectivity index (χ1) is 14.1. The van der Waals surface area contributed by atoms with Crippen LogP contribution in [0.15, 0.2) is 72.8 Å². The molecular weight excluding hydrogens is 368 g/mol. The Morgan fingerprint density at radius 3 is 2.17 bits per heavy atom. The lowest BCUT2D eigenvalue weighted by molar-refractivity contribution is 0.0527. The van der Waals surface area contributed by atoms with E-state index in [0.717, 1.165) is 5.69 Å². The summed E-state index contributed by atoms with van der Waals surface area (Å²) in [4.78, 5) is 24.4. The van der Waals surface area contributed by atoms with Crippen LogP contribution in [-0.4, -0.2) is 25.6 Å². The summed E-state index contributed by atoms with van der Waals surface area (Å²) in [6.45, 7) is 2.09. The Hall–Kier alpha value is -3.80. The lowest BCUT2D eigenvalue weighted by atomic mass is 10.1. The average molecular weight is 390 g/mol. The van der Waals surface area contributed by atoms with E-state index in [2.05, 4.69) is 10.6 Å². The molecule has 3 aromatic carbocycles. The van der Waals surface area contributed by atoms with Gasteiger partial charge < -0.3 is 20.1 Å². The van der Waals surface area contributed by atoms with Gasteiger partial charge in [0.05, 0.1) is 25.0 Å². The van der Waals surface area contributed by atoms with E-state index < -0.39 is 0 Å². The predicted molar refractivity (Wildman–Crippen MR) is 113 cm³/mol. The average Bonchev–Trinajstić information content (AvgIpc) is 2.75. The Morgan fingerprint density at radius 2 is 1.52 bits per heavy atom. The molecule has 0 fully saturated rings. The summed E-state index contributed by atoms with van der Waals surface area (Å²) in [6.07, 6.45) is 0. The number of para-hydroxylation sites is 1. The molecule has 1 amide bonds. The second-order valence-corrected chi connectivity index (χ2v) is 6.15. The van der Waals surface area contributed by atoms with Gasteiger partial charge in [0.2, 0.25) is 0 Å². The molecular formula is C23H22N2O4. The predicted octanol–water partition coefficient (Wildman–Crippen LogP) is 4.87. The van der Waals surface area contributed by atoms with Crippen LogP contribution in [0.25, 0.3) is 0 Å². The molecule has 0 atom stereocenters. The molecule has 6 nitrogen and oxygen atoms in total. The molecule has 0 bridgehead atoms. The fraction of sp³-hybridized carbons (Fsp3) is 0.130. The lowest BCUT2D eigenvalue weighted by Crippen LogP contribution is -2.11. The van der Waals surface area contributed by atoms with E-state index >= 15 is 0 Å². The van der Waals surface area contributed by atoms with Crippen molar-refractivity contribution >= 4 is 28.9 Å². The van der Waals surface area contributed by atoms with Gasteiger partial charge in [-0.15, -0.1) is 0 Å². The van der Waals surface area contributed by atoms with Crippen LogP contribution in [0.5, 0.6) is 5.75 Å². The van der Waals surface area contributed by atoms with E-state index in [9.17, 15) is 9.59 Å². The number of anilines is 3. The molecule has 3 aromatic rings. The van der Waals surface area contributed by atoms with Crippen LogP contribution >= 0.6 is 0 Å². The number of carbonyl (C=O) groups is 2. The lowest BCUT2D eigenvalue weighted by Gasteiger charge is -2.12. The first kappa shape index (κ1) is 19.9. The number of benzene rings is 3. The summed E-state index contributed by atoms with van der Waals surface area (Å²) in [5, 5.41) is 6.06. The third kappa shape index (κ3) is 5.13. The van der Waals surface area contributed by atoms with Gasteiger partial charge in [0.15, 0.2) is 0 Å². The highest BCUT2D eigenvalue weighted by Gasteiger charge is 2.12. The number of hydrogen-bond acceptors (Lipinski definition) is 5. The molecule has 0 heterocycles. The molecule has 29 heavy (non-hydrogen) atoms. The summed E-state index contributed by atoms with van der Waals surface area (Å²) >= 11 is 0. The Kier molecular flexibility index (Phi) is 6.47. The minimum atomic E-state index is -0.376. The molecule has 0 spiro atoms. The molecule has 3 rings (SSSR count). The molecule has 0 aromatic heterocycles. The first-order valence-electron chi connectivity index (χ1n) is 9.19. The number of esters is 1. The molecule has 0 unspecified atom stereocenters. The summed E-state index contributed by atoms with van der Waals surface area (Å²) < 4.78 is 10.2. The molecule has 148 valence electrons. The van der Waals surface area contributed by atoms with Gasteiger partial charge in [-0.05, 0) is 67.6 Å². The van der Waals surface area contributed by atoms with E-state index in [1.54, 1.807) is 62.6 Å². The van der Waals surface area contributed by atoms with Crippen molar-refractivity contribution in [3.05, 3.63) is 83.9 Å². The van der Waals surface area contributed by atoms with Crippen molar-refractivity contribution < 1.29 is 19.1 Å². The molecule has 0 aliphatic heterocycles. The van der Waals surface area contributed by atoms with E-state index in [-0.39, 0.29) is 11.9 Å². The molecule has 2 N–H and O–H groups in total.